The van der Waals surface area contributed by atoms with Gasteiger partial charge in [0.05, 0.1) is 0 Å². The van der Waals surface area contributed by atoms with Crippen LogP contribution in [-0.4, -0.2) is 53.8 Å². The Bertz CT molecular complexity index is 470. The van der Waals surface area contributed by atoms with E-state index in [0.717, 1.165) is 54.7 Å². The van der Waals surface area contributed by atoms with Crippen LogP contribution in [0.15, 0.2) is 12.1 Å². The van der Waals surface area contributed by atoms with E-state index in [2.05, 4.69) is 39.9 Å². The Kier molecular flexibility index (Phi) is 5.22. The van der Waals surface area contributed by atoms with Gasteiger partial charge in [-0.25, -0.2) is 0 Å². The van der Waals surface area contributed by atoms with Crippen LogP contribution in [0.5, 0.6) is 0 Å². The standard InChI is InChI=1S/C16H23BrN2O/c1-12-10-13(2)15(14(3)11-12)16(20)19-8-6-18(5-4-17)7-9-19/h10-11H,4-9H2,1-3H3. The number of carbonyl (C=O) groups is 1. The summed E-state index contributed by atoms with van der Waals surface area (Å²) >= 11 is 3.47. The highest BCUT2D eigenvalue weighted by Crippen LogP contribution is 2.19. The molecule has 110 valence electrons. The van der Waals surface area contributed by atoms with Gasteiger partial charge in [-0.3, -0.25) is 9.69 Å². The van der Waals surface area contributed by atoms with Gasteiger partial charge in [0.25, 0.3) is 5.91 Å². The molecular weight excluding hydrogens is 316 g/mol. The topological polar surface area (TPSA) is 23.6 Å². The molecule has 0 aromatic heterocycles. The van der Waals surface area contributed by atoms with Gasteiger partial charge in [-0.2, -0.15) is 0 Å². The van der Waals surface area contributed by atoms with E-state index >= 15 is 0 Å². The summed E-state index contributed by atoms with van der Waals surface area (Å²) in [6.45, 7) is 10.8. The van der Waals surface area contributed by atoms with Crippen molar-refractivity contribution in [3.05, 3.63) is 34.4 Å². The highest BCUT2D eigenvalue weighted by molar-refractivity contribution is 9.09. The van der Waals surface area contributed by atoms with Gasteiger partial charge in [-0.15, -0.1) is 0 Å². The van der Waals surface area contributed by atoms with Crippen LogP contribution < -0.4 is 0 Å². The number of piperazine rings is 1. The Hall–Kier alpha value is -0.870. The zero-order valence-corrected chi connectivity index (χ0v) is 14.2. The second kappa shape index (κ2) is 6.72. The highest BCUT2D eigenvalue weighted by atomic mass is 79.9. The molecule has 0 atom stereocenters. The van der Waals surface area contributed by atoms with Gasteiger partial charge in [0, 0.05) is 43.6 Å². The van der Waals surface area contributed by atoms with Gasteiger partial charge in [-0.1, -0.05) is 33.6 Å². The second-order valence-electron chi connectivity index (χ2n) is 5.60. The molecule has 0 spiro atoms. The minimum atomic E-state index is 0.193. The summed E-state index contributed by atoms with van der Waals surface area (Å²) in [4.78, 5) is 17.1. The lowest BCUT2D eigenvalue weighted by atomic mass is 9.98. The van der Waals surface area contributed by atoms with Crippen molar-refractivity contribution in [3.8, 4) is 0 Å². The van der Waals surface area contributed by atoms with Gasteiger partial charge >= 0.3 is 0 Å². The molecule has 0 radical (unpaired) electrons. The molecule has 0 aliphatic carbocycles. The fourth-order valence-corrected chi connectivity index (χ4v) is 3.47. The molecular formula is C16H23BrN2O. The molecule has 1 aliphatic rings. The van der Waals surface area contributed by atoms with Crippen LogP contribution >= 0.6 is 15.9 Å². The number of hydrogen-bond donors (Lipinski definition) is 0. The number of halogens is 1. The summed E-state index contributed by atoms with van der Waals surface area (Å²) in [5.41, 5.74) is 4.30. The fraction of sp³-hybridized carbons (Fsp3) is 0.562. The first kappa shape index (κ1) is 15.5. The lowest BCUT2D eigenvalue weighted by molar-refractivity contribution is 0.0643. The molecule has 1 aromatic rings. The summed E-state index contributed by atoms with van der Waals surface area (Å²) in [6.07, 6.45) is 0. The van der Waals surface area contributed by atoms with Crippen molar-refractivity contribution in [2.45, 2.75) is 20.8 Å². The normalized spacial score (nSPS) is 16.5. The van der Waals surface area contributed by atoms with Crippen LogP contribution in [-0.2, 0) is 0 Å². The number of amides is 1. The number of nitrogens with zero attached hydrogens (tertiary/aromatic N) is 2. The first-order valence-electron chi connectivity index (χ1n) is 7.18. The van der Waals surface area contributed by atoms with Crippen molar-refractivity contribution in [1.82, 2.24) is 9.80 Å². The zero-order valence-electron chi connectivity index (χ0n) is 12.6. The minimum Gasteiger partial charge on any atom is -0.336 e. The summed E-state index contributed by atoms with van der Waals surface area (Å²) in [5, 5.41) is 0.997. The maximum Gasteiger partial charge on any atom is 0.254 e. The monoisotopic (exact) mass is 338 g/mol. The van der Waals surface area contributed by atoms with Gasteiger partial charge in [0.15, 0.2) is 0 Å². The molecule has 1 amide bonds. The first-order chi connectivity index (χ1) is 9.52. The molecule has 1 heterocycles. The molecule has 1 saturated heterocycles. The van der Waals surface area contributed by atoms with E-state index in [9.17, 15) is 4.79 Å². The Morgan fingerprint density at radius 1 is 1.10 bits per heavy atom. The van der Waals surface area contributed by atoms with Crippen LogP contribution in [0.4, 0.5) is 0 Å². The molecule has 20 heavy (non-hydrogen) atoms. The highest BCUT2D eigenvalue weighted by Gasteiger charge is 2.23. The molecule has 1 aliphatic heterocycles. The van der Waals surface area contributed by atoms with E-state index in [-0.39, 0.29) is 5.91 Å². The maximum atomic E-state index is 12.7. The molecule has 4 heteroatoms. The Morgan fingerprint density at radius 3 is 2.15 bits per heavy atom. The zero-order chi connectivity index (χ0) is 14.7. The lowest BCUT2D eigenvalue weighted by Gasteiger charge is -2.35. The van der Waals surface area contributed by atoms with E-state index in [1.165, 1.54) is 5.56 Å². The van der Waals surface area contributed by atoms with Crippen molar-refractivity contribution in [2.24, 2.45) is 0 Å². The second-order valence-corrected chi connectivity index (χ2v) is 6.39. The smallest absolute Gasteiger partial charge is 0.254 e. The minimum absolute atomic E-state index is 0.193. The quantitative estimate of drug-likeness (QED) is 0.791. The SMILES string of the molecule is Cc1cc(C)c(C(=O)N2CCN(CCBr)CC2)c(C)c1. The molecule has 0 N–H and O–H groups in total. The van der Waals surface area contributed by atoms with Gasteiger partial charge in [0.2, 0.25) is 0 Å². The molecule has 0 saturated carbocycles. The summed E-state index contributed by atoms with van der Waals surface area (Å²) in [7, 11) is 0. The molecule has 2 rings (SSSR count). The third kappa shape index (κ3) is 3.41. The Labute approximate surface area is 130 Å². The van der Waals surface area contributed by atoms with Crippen LogP contribution in [0.1, 0.15) is 27.0 Å². The van der Waals surface area contributed by atoms with Crippen molar-refractivity contribution < 1.29 is 4.79 Å². The number of alkyl halides is 1. The summed E-state index contributed by atoms with van der Waals surface area (Å²) < 4.78 is 0. The number of carbonyl (C=O) groups excluding carboxylic acids is 1. The Balaban J connectivity index is 2.10. The summed E-state index contributed by atoms with van der Waals surface area (Å²) in [6, 6.07) is 4.20. The average molecular weight is 339 g/mol. The number of hydrogen-bond acceptors (Lipinski definition) is 2. The van der Waals surface area contributed by atoms with Crippen molar-refractivity contribution in [2.75, 3.05) is 38.1 Å². The maximum absolute atomic E-state index is 12.7. The number of aryl methyl sites for hydroxylation is 3. The lowest BCUT2D eigenvalue weighted by Crippen LogP contribution is -2.49. The Morgan fingerprint density at radius 2 is 1.65 bits per heavy atom. The molecule has 3 nitrogen and oxygen atoms in total. The third-order valence-corrected chi connectivity index (χ3v) is 4.31. The van der Waals surface area contributed by atoms with Crippen molar-refractivity contribution >= 4 is 21.8 Å². The van der Waals surface area contributed by atoms with Crippen LogP contribution in [0.3, 0.4) is 0 Å². The average Bonchev–Trinajstić information content (AvgIpc) is 2.38. The fourth-order valence-electron chi connectivity index (χ4n) is 2.97. The summed E-state index contributed by atoms with van der Waals surface area (Å²) in [5.74, 6) is 0.193. The van der Waals surface area contributed by atoms with E-state index in [1.54, 1.807) is 0 Å². The van der Waals surface area contributed by atoms with Gasteiger partial charge < -0.3 is 4.90 Å². The predicted molar refractivity (Wildman–Crippen MR) is 86.8 cm³/mol. The van der Waals surface area contributed by atoms with Crippen LogP contribution in [0.2, 0.25) is 0 Å². The molecule has 1 fully saturated rings. The van der Waals surface area contributed by atoms with Gasteiger partial charge in [0.1, 0.15) is 0 Å². The van der Waals surface area contributed by atoms with Crippen LogP contribution in [0, 0.1) is 20.8 Å². The predicted octanol–water partition coefficient (Wildman–Crippen LogP) is 2.76. The van der Waals surface area contributed by atoms with Crippen LogP contribution in [0.25, 0.3) is 0 Å². The molecule has 0 unspecified atom stereocenters. The number of rotatable bonds is 3. The van der Waals surface area contributed by atoms with E-state index in [4.69, 9.17) is 0 Å². The van der Waals surface area contributed by atoms with E-state index < -0.39 is 0 Å². The van der Waals surface area contributed by atoms with Crippen molar-refractivity contribution in [1.29, 1.82) is 0 Å². The molecule has 1 aromatic carbocycles. The largest absolute Gasteiger partial charge is 0.336 e. The van der Waals surface area contributed by atoms with Gasteiger partial charge in [-0.05, 0) is 31.9 Å². The van der Waals surface area contributed by atoms with E-state index in [1.807, 2.05) is 18.7 Å². The number of benzene rings is 1. The van der Waals surface area contributed by atoms with Crippen molar-refractivity contribution in [3.63, 3.8) is 0 Å². The molecule has 0 bridgehead atoms. The first-order valence-corrected chi connectivity index (χ1v) is 8.30. The van der Waals surface area contributed by atoms with E-state index in [0.29, 0.717) is 0 Å². The third-order valence-electron chi connectivity index (χ3n) is 3.95.